The molecule has 0 aromatic heterocycles. The van der Waals surface area contributed by atoms with Gasteiger partial charge in [-0.15, -0.1) is 0 Å². The fourth-order valence-electron chi connectivity index (χ4n) is 2.15. The molecule has 0 atom stereocenters. The quantitative estimate of drug-likeness (QED) is 0.513. The Hall–Kier alpha value is -1.39. The summed E-state index contributed by atoms with van der Waals surface area (Å²) in [5.74, 6) is -1.49. The van der Waals surface area contributed by atoms with Gasteiger partial charge in [0, 0.05) is 0 Å². The molecule has 4 amide bonds. The predicted octanol–water partition coefficient (Wildman–Crippen LogP) is 0.397. The monoisotopic (exact) mass is 196 g/mol. The summed E-state index contributed by atoms with van der Waals surface area (Å²) in [5.41, 5.74) is -0.382. The van der Waals surface area contributed by atoms with Crippen LogP contribution in [0.4, 0.5) is 4.79 Å². The van der Waals surface area contributed by atoms with Gasteiger partial charge in [0.05, 0.1) is 5.54 Å². The molecule has 1 aliphatic heterocycles. The smallest absolute Gasteiger partial charge is 0.269 e. The van der Waals surface area contributed by atoms with Crippen LogP contribution < -0.4 is 5.32 Å². The second-order valence-corrected chi connectivity index (χ2v) is 3.83. The molecule has 76 valence electrons. The van der Waals surface area contributed by atoms with Gasteiger partial charge in [0.1, 0.15) is 0 Å². The first-order chi connectivity index (χ1) is 6.60. The van der Waals surface area contributed by atoms with Gasteiger partial charge in [0.15, 0.2) is 0 Å². The third kappa shape index (κ3) is 0.981. The second-order valence-electron chi connectivity index (χ2n) is 3.83. The summed E-state index contributed by atoms with van der Waals surface area (Å²) < 4.78 is 0. The Labute approximate surface area is 81.4 Å². The Morgan fingerprint density at radius 1 is 1.36 bits per heavy atom. The van der Waals surface area contributed by atoms with Crippen LogP contribution in [0.5, 0.6) is 0 Å². The van der Waals surface area contributed by atoms with E-state index >= 15 is 0 Å². The molecule has 1 heterocycles. The van der Waals surface area contributed by atoms with Crippen molar-refractivity contribution in [3.05, 3.63) is 0 Å². The normalized spacial score (nSPS) is 24.9. The lowest BCUT2D eigenvalue weighted by molar-refractivity contribution is -0.144. The summed E-state index contributed by atoms with van der Waals surface area (Å²) in [4.78, 5) is 34.9. The van der Waals surface area contributed by atoms with E-state index in [0.29, 0.717) is 0 Å². The van der Waals surface area contributed by atoms with E-state index in [9.17, 15) is 14.4 Å². The van der Waals surface area contributed by atoms with Crippen molar-refractivity contribution in [1.82, 2.24) is 10.2 Å². The first kappa shape index (κ1) is 9.18. The van der Waals surface area contributed by atoms with Crippen LogP contribution >= 0.6 is 0 Å². The van der Waals surface area contributed by atoms with Gasteiger partial charge < -0.3 is 0 Å². The Bertz CT molecular complexity index is 315. The third-order valence-electron chi connectivity index (χ3n) is 3.24. The molecule has 0 unspecified atom stereocenters. The molecule has 1 saturated heterocycles. The molecule has 0 spiro atoms. The highest BCUT2D eigenvalue weighted by molar-refractivity contribution is 6.45. The van der Waals surface area contributed by atoms with Crippen molar-refractivity contribution >= 4 is 17.8 Å². The van der Waals surface area contributed by atoms with E-state index < -0.39 is 17.8 Å². The maximum atomic E-state index is 11.4. The van der Waals surface area contributed by atoms with Gasteiger partial charge in [-0.2, -0.15) is 0 Å². The summed E-state index contributed by atoms with van der Waals surface area (Å²) in [6.07, 6.45) is 3.37. The highest BCUT2D eigenvalue weighted by Gasteiger charge is 2.52. The van der Waals surface area contributed by atoms with E-state index in [4.69, 9.17) is 0 Å². The minimum Gasteiger partial charge on any atom is -0.269 e. The van der Waals surface area contributed by atoms with Crippen LogP contribution in [0.1, 0.15) is 32.6 Å². The summed E-state index contributed by atoms with van der Waals surface area (Å²) in [5, 5.41) is 2.02. The number of nitrogens with one attached hydrogen (secondary N) is 1. The second kappa shape index (κ2) is 2.80. The van der Waals surface area contributed by atoms with Crippen molar-refractivity contribution in [2.45, 2.75) is 38.1 Å². The summed E-state index contributed by atoms with van der Waals surface area (Å²) >= 11 is 0. The van der Waals surface area contributed by atoms with Crippen LogP contribution in [0.25, 0.3) is 0 Å². The molecule has 0 bridgehead atoms. The Balaban J connectivity index is 2.29. The fourth-order valence-corrected chi connectivity index (χ4v) is 2.15. The molecule has 2 fully saturated rings. The number of hydrogen-bond acceptors (Lipinski definition) is 3. The summed E-state index contributed by atoms with van der Waals surface area (Å²) in [6, 6.07) is -0.554. The highest BCUT2D eigenvalue weighted by atomic mass is 16.2. The Kier molecular flexibility index (Phi) is 1.83. The molecule has 1 saturated carbocycles. The van der Waals surface area contributed by atoms with Crippen molar-refractivity contribution < 1.29 is 14.4 Å². The van der Waals surface area contributed by atoms with E-state index in [2.05, 4.69) is 0 Å². The SMILES string of the molecule is CCC1(N2C(=O)NC(=O)C2=O)CCC1. The largest absolute Gasteiger partial charge is 0.332 e. The number of carbonyl (C=O) groups excluding carboxylic acids is 3. The molecule has 1 aliphatic carbocycles. The minimum atomic E-state index is -0.797. The number of hydrogen-bond donors (Lipinski definition) is 1. The number of urea groups is 1. The lowest BCUT2D eigenvalue weighted by atomic mass is 9.73. The van der Waals surface area contributed by atoms with Crippen LogP contribution in [-0.4, -0.2) is 28.3 Å². The zero-order valence-electron chi connectivity index (χ0n) is 8.00. The molecule has 14 heavy (non-hydrogen) atoms. The standard InChI is InChI=1S/C9H12N2O3/c1-2-9(4-3-5-9)11-7(13)6(12)10-8(11)14/h2-5H2,1H3,(H,10,12,14). The topological polar surface area (TPSA) is 66.5 Å². The molecule has 0 radical (unpaired) electrons. The minimum absolute atomic E-state index is 0.382. The van der Waals surface area contributed by atoms with Crippen molar-refractivity contribution in [2.24, 2.45) is 0 Å². The molecule has 5 nitrogen and oxygen atoms in total. The average molecular weight is 196 g/mol. The summed E-state index contributed by atoms with van der Waals surface area (Å²) in [6.45, 7) is 1.93. The van der Waals surface area contributed by atoms with Crippen molar-refractivity contribution in [1.29, 1.82) is 0 Å². The molecule has 1 N–H and O–H groups in total. The van der Waals surface area contributed by atoms with Gasteiger partial charge >= 0.3 is 17.8 Å². The van der Waals surface area contributed by atoms with Gasteiger partial charge in [0.25, 0.3) is 0 Å². The molecule has 0 aromatic rings. The molecule has 0 aromatic carbocycles. The van der Waals surface area contributed by atoms with Crippen molar-refractivity contribution in [2.75, 3.05) is 0 Å². The third-order valence-corrected chi connectivity index (χ3v) is 3.24. The maximum absolute atomic E-state index is 11.4. The molecule has 2 aliphatic rings. The maximum Gasteiger partial charge on any atom is 0.332 e. The fraction of sp³-hybridized carbons (Fsp3) is 0.667. The Morgan fingerprint density at radius 3 is 2.29 bits per heavy atom. The van der Waals surface area contributed by atoms with E-state index in [1.165, 1.54) is 0 Å². The number of nitrogens with zero attached hydrogens (tertiary/aromatic N) is 1. The van der Waals surface area contributed by atoms with Crippen molar-refractivity contribution in [3.8, 4) is 0 Å². The van der Waals surface area contributed by atoms with Crippen LogP contribution in [0.3, 0.4) is 0 Å². The zero-order chi connectivity index (χ0) is 10.3. The lowest BCUT2D eigenvalue weighted by Gasteiger charge is -2.45. The van der Waals surface area contributed by atoms with Crippen LogP contribution in [0.2, 0.25) is 0 Å². The van der Waals surface area contributed by atoms with E-state index in [0.717, 1.165) is 30.6 Å². The van der Waals surface area contributed by atoms with Gasteiger partial charge in [-0.3, -0.25) is 14.9 Å². The van der Waals surface area contributed by atoms with Crippen LogP contribution in [0, 0.1) is 0 Å². The molecular weight excluding hydrogens is 184 g/mol. The lowest BCUT2D eigenvalue weighted by Crippen LogP contribution is -2.56. The molecule has 5 heteroatoms. The zero-order valence-corrected chi connectivity index (χ0v) is 8.00. The number of carbonyl (C=O) groups is 3. The molecule has 2 rings (SSSR count). The number of amides is 4. The van der Waals surface area contributed by atoms with Crippen LogP contribution in [0.15, 0.2) is 0 Å². The number of imide groups is 2. The first-order valence-electron chi connectivity index (χ1n) is 4.80. The average Bonchev–Trinajstić information content (AvgIpc) is 2.31. The van der Waals surface area contributed by atoms with E-state index in [-0.39, 0.29) is 5.54 Å². The summed E-state index contributed by atoms with van der Waals surface area (Å²) in [7, 11) is 0. The Morgan fingerprint density at radius 2 is 2.00 bits per heavy atom. The van der Waals surface area contributed by atoms with Gasteiger partial charge in [-0.25, -0.2) is 9.69 Å². The van der Waals surface area contributed by atoms with Crippen molar-refractivity contribution in [3.63, 3.8) is 0 Å². The van der Waals surface area contributed by atoms with Gasteiger partial charge in [-0.1, -0.05) is 6.92 Å². The first-order valence-corrected chi connectivity index (χ1v) is 4.80. The number of rotatable bonds is 2. The van der Waals surface area contributed by atoms with E-state index in [1.54, 1.807) is 0 Å². The van der Waals surface area contributed by atoms with Gasteiger partial charge in [0.2, 0.25) is 0 Å². The van der Waals surface area contributed by atoms with Gasteiger partial charge in [-0.05, 0) is 25.7 Å². The predicted molar refractivity (Wildman–Crippen MR) is 47.3 cm³/mol. The molecular formula is C9H12N2O3. The highest BCUT2D eigenvalue weighted by Crippen LogP contribution is 2.41. The van der Waals surface area contributed by atoms with E-state index in [1.807, 2.05) is 12.2 Å². The van der Waals surface area contributed by atoms with Crippen LogP contribution in [-0.2, 0) is 9.59 Å².